The van der Waals surface area contributed by atoms with Gasteiger partial charge in [0.2, 0.25) is 0 Å². The first-order chi connectivity index (χ1) is 12.3. The van der Waals surface area contributed by atoms with Crippen LogP contribution in [0.5, 0.6) is 5.75 Å². The zero-order valence-electron chi connectivity index (χ0n) is 15.2. The topological polar surface area (TPSA) is 21.3 Å². The van der Waals surface area contributed by atoms with Crippen molar-refractivity contribution in [3.63, 3.8) is 0 Å². The van der Waals surface area contributed by atoms with E-state index in [1.54, 1.807) is 0 Å². The fourth-order valence-corrected chi connectivity index (χ4v) is 3.07. The Kier molecular flexibility index (Phi) is 5.95. The Hall–Kier alpha value is -2.48. The molecule has 0 atom stereocenters. The van der Waals surface area contributed by atoms with Crippen LogP contribution in [0, 0.1) is 0 Å². The second kappa shape index (κ2) is 8.57. The van der Waals surface area contributed by atoms with Gasteiger partial charge in [-0.15, -0.1) is 0 Å². The molecule has 2 aromatic carbocycles. The number of rotatable bonds is 7. The van der Waals surface area contributed by atoms with Crippen molar-refractivity contribution < 1.29 is 4.74 Å². The third-order valence-electron chi connectivity index (χ3n) is 4.37. The summed E-state index contributed by atoms with van der Waals surface area (Å²) >= 11 is 0. The summed E-state index contributed by atoms with van der Waals surface area (Å²) in [6, 6.07) is 15.0. The van der Waals surface area contributed by atoms with Crippen LogP contribution in [0.3, 0.4) is 0 Å². The van der Waals surface area contributed by atoms with E-state index in [0.29, 0.717) is 0 Å². The molecule has 0 saturated heterocycles. The lowest BCUT2D eigenvalue weighted by Crippen LogP contribution is -1.99. The Morgan fingerprint density at radius 1 is 1.04 bits per heavy atom. The Labute approximate surface area is 151 Å². The van der Waals surface area contributed by atoms with Gasteiger partial charge in [-0.2, -0.15) is 0 Å². The minimum Gasteiger partial charge on any atom is -0.493 e. The first-order valence-corrected chi connectivity index (χ1v) is 9.28. The molecule has 0 bridgehead atoms. The lowest BCUT2D eigenvalue weighted by molar-refractivity contribution is 0.357. The van der Waals surface area contributed by atoms with Crippen LogP contribution in [0.2, 0.25) is 0 Å². The van der Waals surface area contributed by atoms with Crippen molar-refractivity contribution in [2.45, 2.75) is 39.5 Å². The van der Waals surface area contributed by atoms with E-state index in [-0.39, 0.29) is 0 Å². The minimum atomic E-state index is 0.809. The largest absolute Gasteiger partial charge is 0.493 e. The molecule has 0 saturated carbocycles. The van der Waals surface area contributed by atoms with Crippen LogP contribution in [0.1, 0.15) is 49.8 Å². The average molecular weight is 333 g/mol. The number of hydrogen-bond donors (Lipinski definition) is 1. The van der Waals surface area contributed by atoms with Crippen LogP contribution in [0.15, 0.2) is 54.2 Å². The normalized spacial score (nSPS) is 13.8. The van der Waals surface area contributed by atoms with Crippen molar-refractivity contribution in [1.82, 2.24) is 0 Å². The van der Waals surface area contributed by atoms with Crippen LogP contribution in [0.4, 0.5) is 5.69 Å². The standard InChI is InChI=1S/C23H27NO/c1-3-5-21(6-4-2)24-22-13-10-18(11-14-22)7-8-19-9-12-20-15-16-25-23(20)17-19/h5,7-14,17,24H,3-4,6,15-16H2,1-2H3/b8-7+,21-5-. The number of nitrogens with one attached hydrogen (secondary N) is 1. The van der Waals surface area contributed by atoms with Crippen LogP contribution in [-0.4, -0.2) is 6.61 Å². The number of anilines is 1. The molecular formula is C23H27NO. The highest BCUT2D eigenvalue weighted by atomic mass is 16.5. The molecule has 2 aromatic rings. The van der Waals surface area contributed by atoms with Crippen LogP contribution in [0.25, 0.3) is 12.2 Å². The van der Waals surface area contributed by atoms with E-state index in [2.05, 4.69) is 79.9 Å². The molecule has 1 aliphatic rings. The van der Waals surface area contributed by atoms with Crippen LogP contribution >= 0.6 is 0 Å². The summed E-state index contributed by atoms with van der Waals surface area (Å²) in [6.07, 6.45) is 10.9. The van der Waals surface area contributed by atoms with Gasteiger partial charge in [-0.05, 0) is 47.7 Å². The molecule has 0 amide bonds. The molecule has 3 rings (SSSR count). The zero-order valence-corrected chi connectivity index (χ0v) is 15.2. The van der Waals surface area contributed by atoms with Gasteiger partial charge in [-0.25, -0.2) is 0 Å². The Balaban J connectivity index is 1.65. The van der Waals surface area contributed by atoms with Crippen molar-refractivity contribution >= 4 is 17.8 Å². The van der Waals surface area contributed by atoms with Crippen molar-refractivity contribution in [2.24, 2.45) is 0 Å². The highest BCUT2D eigenvalue weighted by Crippen LogP contribution is 2.27. The van der Waals surface area contributed by atoms with Gasteiger partial charge in [-0.3, -0.25) is 0 Å². The van der Waals surface area contributed by atoms with Gasteiger partial charge in [0.15, 0.2) is 0 Å². The van der Waals surface area contributed by atoms with Crippen LogP contribution in [-0.2, 0) is 6.42 Å². The lowest BCUT2D eigenvalue weighted by atomic mass is 10.1. The van der Waals surface area contributed by atoms with Crippen molar-refractivity contribution in [3.05, 3.63) is 70.9 Å². The zero-order chi connectivity index (χ0) is 17.5. The minimum absolute atomic E-state index is 0.809. The summed E-state index contributed by atoms with van der Waals surface area (Å²) in [4.78, 5) is 0. The number of ether oxygens (including phenoxy) is 1. The number of benzene rings is 2. The van der Waals surface area contributed by atoms with E-state index < -0.39 is 0 Å². The SMILES string of the molecule is CC/C=C(/CCC)Nc1ccc(/C=C/c2ccc3c(c2)OCC3)cc1. The highest BCUT2D eigenvalue weighted by molar-refractivity contribution is 5.71. The summed E-state index contributed by atoms with van der Waals surface area (Å²) in [7, 11) is 0. The molecule has 130 valence electrons. The molecule has 25 heavy (non-hydrogen) atoms. The maximum absolute atomic E-state index is 5.64. The number of allylic oxidation sites excluding steroid dienone is 2. The van der Waals surface area contributed by atoms with E-state index in [1.807, 2.05) is 0 Å². The van der Waals surface area contributed by atoms with E-state index >= 15 is 0 Å². The van der Waals surface area contributed by atoms with E-state index in [4.69, 9.17) is 4.74 Å². The Morgan fingerprint density at radius 2 is 1.80 bits per heavy atom. The van der Waals surface area contributed by atoms with Gasteiger partial charge in [0.1, 0.15) is 5.75 Å². The first-order valence-electron chi connectivity index (χ1n) is 9.28. The first kappa shape index (κ1) is 17.3. The van der Waals surface area contributed by atoms with Gasteiger partial charge in [-0.1, -0.05) is 62.8 Å². The van der Waals surface area contributed by atoms with Crippen molar-refractivity contribution in [3.8, 4) is 5.75 Å². The summed E-state index contributed by atoms with van der Waals surface area (Å²) in [6.45, 7) is 5.20. The maximum atomic E-state index is 5.64. The van der Waals surface area contributed by atoms with Crippen molar-refractivity contribution in [2.75, 3.05) is 11.9 Å². The number of hydrogen-bond acceptors (Lipinski definition) is 2. The molecular weight excluding hydrogens is 306 g/mol. The predicted molar refractivity (Wildman–Crippen MR) is 108 cm³/mol. The molecule has 1 heterocycles. The lowest BCUT2D eigenvalue weighted by Gasteiger charge is -2.10. The average Bonchev–Trinajstić information content (AvgIpc) is 3.09. The highest BCUT2D eigenvalue weighted by Gasteiger charge is 2.10. The van der Waals surface area contributed by atoms with Crippen molar-refractivity contribution in [1.29, 1.82) is 0 Å². The fraction of sp³-hybridized carbons (Fsp3) is 0.304. The van der Waals surface area contributed by atoms with E-state index in [0.717, 1.165) is 43.7 Å². The van der Waals surface area contributed by atoms with E-state index in [9.17, 15) is 0 Å². The molecule has 0 aliphatic carbocycles. The number of fused-ring (bicyclic) bond motifs is 1. The molecule has 0 radical (unpaired) electrons. The molecule has 2 nitrogen and oxygen atoms in total. The molecule has 0 spiro atoms. The second-order valence-corrected chi connectivity index (χ2v) is 6.43. The maximum Gasteiger partial charge on any atom is 0.123 e. The monoisotopic (exact) mass is 333 g/mol. The van der Waals surface area contributed by atoms with E-state index in [1.165, 1.54) is 22.4 Å². The van der Waals surface area contributed by atoms with Crippen LogP contribution < -0.4 is 10.1 Å². The molecule has 1 N–H and O–H groups in total. The Bertz CT molecular complexity index is 756. The summed E-state index contributed by atoms with van der Waals surface area (Å²) in [5.74, 6) is 1.04. The molecule has 0 aromatic heterocycles. The molecule has 0 fully saturated rings. The summed E-state index contributed by atoms with van der Waals surface area (Å²) in [5, 5.41) is 3.53. The quantitative estimate of drug-likeness (QED) is 0.600. The predicted octanol–water partition coefficient (Wildman–Crippen LogP) is 6.30. The van der Waals surface area contributed by atoms with Gasteiger partial charge in [0.25, 0.3) is 0 Å². The second-order valence-electron chi connectivity index (χ2n) is 6.43. The third kappa shape index (κ3) is 4.76. The molecule has 1 aliphatic heterocycles. The fourth-order valence-electron chi connectivity index (χ4n) is 3.07. The summed E-state index contributed by atoms with van der Waals surface area (Å²) in [5.41, 5.74) is 6.15. The third-order valence-corrected chi connectivity index (χ3v) is 4.37. The molecule has 2 heteroatoms. The van der Waals surface area contributed by atoms with Gasteiger partial charge >= 0.3 is 0 Å². The summed E-state index contributed by atoms with van der Waals surface area (Å²) < 4.78 is 5.64. The molecule has 0 unspecified atom stereocenters. The van der Waals surface area contributed by atoms with Gasteiger partial charge in [0.05, 0.1) is 6.61 Å². The Morgan fingerprint density at radius 3 is 2.56 bits per heavy atom. The smallest absolute Gasteiger partial charge is 0.123 e. The van der Waals surface area contributed by atoms with Gasteiger partial charge in [0, 0.05) is 17.8 Å². The van der Waals surface area contributed by atoms with Gasteiger partial charge < -0.3 is 10.1 Å².